The van der Waals surface area contributed by atoms with Gasteiger partial charge in [-0.2, -0.15) is 0 Å². The Morgan fingerprint density at radius 2 is 1.65 bits per heavy atom. The summed E-state index contributed by atoms with van der Waals surface area (Å²) in [6.45, 7) is 5.10. The normalized spacial score (nSPS) is 13.9. The Morgan fingerprint density at radius 3 is 2.32 bits per heavy atom. The van der Waals surface area contributed by atoms with E-state index in [1.54, 1.807) is 11.8 Å². The Kier molecular flexibility index (Phi) is 5.99. The van der Waals surface area contributed by atoms with Crippen molar-refractivity contribution in [2.45, 2.75) is 6.92 Å². The minimum atomic E-state index is -0.110. The lowest BCUT2D eigenvalue weighted by atomic mass is 10.2. The summed E-state index contributed by atoms with van der Waals surface area (Å²) in [7, 11) is 3.57. The quantitative estimate of drug-likeness (QED) is 0.634. The van der Waals surface area contributed by atoms with Crippen molar-refractivity contribution < 1.29 is 4.74 Å². The second-order valence-corrected chi connectivity index (χ2v) is 7.90. The predicted molar refractivity (Wildman–Crippen MR) is 129 cm³/mol. The number of rotatable bonds is 4. The zero-order valence-corrected chi connectivity index (χ0v) is 18.9. The first-order chi connectivity index (χ1) is 15.0. The molecule has 1 aliphatic heterocycles. The van der Waals surface area contributed by atoms with Crippen LogP contribution in [0.25, 0.3) is 5.69 Å². The van der Waals surface area contributed by atoms with Crippen LogP contribution in [0.3, 0.4) is 0 Å². The van der Waals surface area contributed by atoms with E-state index >= 15 is 0 Å². The molecule has 2 aromatic carbocycles. The zero-order valence-electron chi connectivity index (χ0n) is 18.0. The van der Waals surface area contributed by atoms with Gasteiger partial charge in [-0.15, -0.1) is 0 Å². The molecule has 162 valence electrons. The molecular formula is C23H27N5O2S. The first-order valence-electron chi connectivity index (χ1n) is 10.3. The SMILES string of the molecule is COc1ccccc1N1CCN(C(=S)Nc2c(C)n(C)n(-c3ccccc3)c2=O)CC1. The fraction of sp³-hybridized carbons (Fsp3) is 0.304. The topological polar surface area (TPSA) is 54.7 Å². The molecule has 0 aliphatic carbocycles. The standard InChI is InChI=1S/C23H27N5O2S/c1-17-21(22(29)28(25(17)2)18-9-5-4-6-10-18)24-23(31)27-15-13-26(14-16-27)19-11-7-8-12-20(19)30-3/h4-12H,13-16H2,1-3H3,(H,24,31). The molecule has 2 heterocycles. The lowest BCUT2D eigenvalue weighted by Gasteiger charge is -2.37. The van der Waals surface area contributed by atoms with Gasteiger partial charge in [-0.25, -0.2) is 4.68 Å². The molecule has 0 unspecified atom stereocenters. The van der Waals surface area contributed by atoms with Gasteiger partial charge in [0.05, 0.1) is 24.2 Å². The summed E-state index contributed by atoms with van der Waals surface area (Å²) in [6, 6.07) is 17.7. The highest BCUT2D eigenvalue weighted by Gasteiger charge is 2.23. The number of methoxy groups -OCH3 is 1. The van der Waals surface area contributed by atoms with Crippen LogP contribution in [0.1, 0.15) is 5.69 Å². The van der Waals surface area contributed by atoms with Crippen molar-refractivity contribution in [3.05, 3.63) is 70.6 Å². The Hall–Kier alpha value is -3.26. The minimum Gasteiger partial charge on any atom is -0.495 e. The van der Waals surface area contributed by atoms with Crippen LogP contribution in [0.15, 0.2) is 59.4 Å². The third-order valence-electron chi connectivity index (χ3n) is 5.78. The molecule has 8 heteroatoms. The molecule has 1 saturated heterocycles. The van der Waals surface area contributed by atoms with Gasteiger partial charge in [-0.1, -0.05) is 30.3 Å². The number of hydrogen-bond donors (Lipinski definition) is 1. The fourth-order valence-electron chi connectivity index (χ4n) is 3.94. The van der Waals surface area contributed by atoms with Crippen molar-refractivity contribution >= 4 is 28.7 Å². The van der Waals surface area contributed by atoms with Crippen LogP contribution in [-0.4, -0.2) is 52.7 Å². The van der Waals surface area contributed by atoms with Gasteiger partial charge in [-0.3, -0.25) is 9.48 Å². The van der Waals surface area contributed by atoms with Gasteiger partial charge >= 0.3 is 0 Å². The molecule has 7 nitrogen and oxygen atoms in total. The van der Waals surface area contributed by atoms with Crippen molar-refractivity contribution in [3.63, 3.8) is 0 Å². The van der Waals surface area contributed by atoms with Crippen LogP contribution >= 0.6 is 12.2 Å². The molecule has 1 aliphatic rings. The fourth-order valence-corrected chi connectivity index (χ4v) is 4.22. The molecule has 0 atom stereocenters. The van der Waals surface area contributed by atoms with E-state index in [4.69, 9.17) is 17.0 Å². The summed E-state index contributed by atoms with van der Waals surface area (Å²) in [5, 5.41) is 3.79. The van der Waals surface area contributed by atoms with Crippen molar-refractivity contribution in [1.82, 2.24) is 14.3 Å². The monoisotopic (exact) mass is 437 g/mol. The zero-order chi connectivity index (χ0) is 22.0. The first-order valence-corrected chi connectivity index (χ1v) is 10.7. The van der Waals surface area contributed by atoms with E-state index in [9.17, 15) is 4.79 Å². The van der Waals surface area contributed by atoms with E-state index in [1.807, 2.05) is 67.2 Å². The number of aromatic nitrogens is 2. The number of ether oxygens (including phenoxy) is 1. The third-order valence-corrected chi connectivity index (χ3v) is 6.14. The number of nitrogens with one attached hydrogen (secondary N) is 1. The highest BCUT2D eigenvalue weighted by atomic mass is 32.1. The van der Waals surface area contributed by atoms with Gasteiger partial charge in [0.15, 0.2) is 5.11 Å². The molecule has 0 spiro atoms. The summed E-state index contributed by atoms with van der Waals surface area (Å²) in [5.74, 6) is 0.873. The number of para-hydroxylation sites is 3. The molecule has 1 fully saturated rings. The van der Waals surface area contributed by atoms with E-state index < -0.39 is 0 Å². The van der Waals surface area contributed by atoms with Crippen LogP contribution in [0.4, 0.5) is 11.4 Å². The molecule has 0 radical (unpaired) electrons. The van der Waals surface area contributed by atoms with Crippen LogP contribution < -0.4 is 20.5 Å². The molecule has 0 amide bonds. The van der Waals surface area contributed by atoms with Gasteiger partial charge in [0.2, 0.25) is 0 Å². The molecule has 1 aromatic heterocycles. The molecule has 0 saturated carbocycles. The van der Waals surface area contributed by atoms with Crippen molar-refractivity contribution in [2.24, 2.45) is 7.05 Å². The average Bonchev–Trinajstić information content (AvgIpc) is 3.02. The minimum absolute atomic E-state index is 0.110. The highest BCUT2D eigenvalue weighted by Crippen LogP contribution is 2.28. The van der Waals surface area contributed by atoms with Gasteiger partial charge in [0.25, 0.3) is 5.56 Å². The average molecular weight is 438 g/mol. The molecular weight excluding hydrogens is 410 g/mol. The third kappa shape index (κ3) is 4.03. The lowest BCUT2D eigenvalue weighted by Crippen LogP contribution is -2.50. The van der Waals surface area contributed by atoms with E-state index in [-0.39, 0.29) is 5.56 Å². The maximum Gasteiger partial charge on any atom is 0.295 e. The maximum absolute atomic E-state index is 13.1. The Balaban J connectivity index is 1.47. The van der Waals surface area contributed by atoms with Crippen molar-refractivity contribution in [2.75, 3.05) is 43.5 Å². The van der Waals surface area contributed by atoms with E-state index in [0.29, 0.717) is 10.8 Å². The molecule has 0 bridgehead atoms. The van der Waals surface area contributed by atoms with E-state index in [1.165, 1.54) is 0 Å². The number of nitrogens with zero attached hydrogens (tertiary/aromatic N) is 4. The van der Waals surface area contributed by atoms with Crippen molar-refractivity contribution in [1.29, 1.82) is 0 Å². The molecule has 3 aromatic rings. The van der Waals surface area contributed by atoms with Gasteiger partial charge in [0.1, 0.15) is 11.4 Å². The highest BCUT2D eigenvalue weighted by molar-refractivity contribution is 7.80. The van der Waals surface area contributed by atoms with E-state index in [2.05, 4.69) is 21.2 Å². The molecule has 4 rings (SSSR count). The second kappa shape index (κ2) is 8.85. The van der Waals surface area contributed by atoms with Crippen molar-refractivity contribution in [3.8, 4) is 11.4 Å². The van der Waals surface area contributed by atoms with Gasteiger partial charge in [-0.05, 0) is 43.4 Å². The van der Waals surface area contributed by atoms with Crippen LogP contribution in [0, 0.1) is 6.92 Å². The number of anilines is 2. The number of hydrogen-bond acceptors (Lipinski definition) is 4. The maximum atomic E-state index is 13.1. The number of benzene rings is 2. The summed E-state index contributed by atoms with van der Waals surface area (Å²) < 4.78 is 9.00. The summed E-state index contributed by atoms with van der Waals surface area (Å²) in [5.41, 5.74) is 3.16. The summed E-state index contributed by atoms with van der Waals surface area (Å²) in [6.07, 6.45) is 0. The predicted octanol–water partition coefficient (Wildman–Crippen LogP) is 3.01. The van der Waals surface area contributed by atoms with Crippen LogP contribution in [0.5, 0.6) is 5.75 Å². The first kappa shape index (κ1) is 21.0. The van der Waals surface area contributed by atoms with Crippen LogP contribution in [0.2, 0.25) is 0 Å². The Labute approximate surface area is 187 Å². The number of thiocarbonyl (C=S) groups is 1. The second-order valence-electron chi connectivity index (χ2n) is 7.51. The summed E-state index contributed by atoms with van der Waals surface area (Å²) >= 11 is 5.66. The smallest absolute Gasteiger partial charge is 0.295 e. The molecule has 31 heavy (non-hydrogen) atoms. The lowest BCUT2D eigenvalue weighted by molar-refractivity contribution is 0.382. The summed E-state index contributed by atoms with van der Waals surface area (Å²) in [4.78, 5) is 17.5. The number of piperazine rings is 1. The molecule has 1 N–H and O–H groups in total. The van der Waals surface area contributed by atoms with Gasteiger partial charge in [0, 0.05) is 33.2 Å². The van der Waals surface area contributed by atoms with Gasteiger partial charge < -0.3 is 19.9 Å². The largest absolute Gasteiger partial charge is 0.495 e. The Bertz CT molecular complexity index is 1130. The van der Waals surface area contributed by atoms with E-state index in [0.717, 1.165) is 49.0 Å². The Morgan fingerprint density at radius 1 is 1.00 bits per heavy atom. The van der Waals surface area contributed by atoms with Crippen LogP contribution in [-0.2, 0) is 7.05 Å².